The minimum absolute atomic E-state index is 0.0335. The van der Waals surface area contributed by atoms with Crippen LogP contribution in [0.3, 0.4) is 0 Å². The van der Waals surface area contributed by atoms with Crippen LogP contribution >= 0.6 is 34.4 Å². The number of nitrogens with zero attached hydrogens (tertiary/aromatic N) is 3. The number of aryl methyl sites for hydroxylation is 1. The van der Waals surface area contributed by atoms with Crippen molar-refractivity contribution in [1.82, 2.24) is 10.2 Å². The molecule has 2 aromatic heterocycles. The van der Waals surface area contributed by atoms with Gasteiger partial charge in [-0.2, -0.15) is 0 Å². The predicted octanol–water partition coefficient (Wildman–Crippen LogP) is 7.16. The van der Waals surface area contributed by atoms with Crippen molar-refractivity contribution in [3.05, 3.63) is 98.9 Å². The summed E-state index contributed by atoms with van der Waals surface area (Å²) in [7, 11) is 0. The lowest BCUT2D eigenvalue weighted by Gasteiger charge is -2.24. The Hall–Kier alpha value is -3.47. The summed E-state index contributed by atoms with van der Waals surface area (Å²) in [5, 5.41) is 21.7. The lowest BCUT2D eigenvalue weighted by Crippen LogP contribution is -2.31. The van der Waals surface area contributed by atoms with Crippen LogP contribution in [-0.2, 0) is 10.5 Å². The molecule has 1 aliphatic rings. The Morgan fingerprint density at radius 1 is 1.10 bits per heavy atom. The van der Waals surface area contributed by atoms with Crippen LogP contribution in [0.4, 0.5) is 5.13 Å². The third-order valence-corrected chi connectivity index (χ3v) is 9.24. The lowest BCUT2D eigenvalue weighted by atomic mass is 9.95. The van der Waals surface area contributed by atoms with E-state index >= 15 is 0 Å². The molecule has 0 bridgehead atoms. The fourth-order valence-electron chi connectivity index (χ4n) is 4.16. The molecule has 0 saturated heterocycles. The molecular formula is C29H27N3O4S3. The second kappa shape index (κ2) is 12.1. The quantitative estimate of drug-likeness (QED) is 0.0875. The van der Waals surface area contributed by atoms with Gasteiger partial charge in [0.1, 0.15) is 5.75 Å². The summed E-state index contributed by atoms with van der Waals surface area (Å²) in [4.78, 5) is 28.7. The Bertz CT molecular complexity index is 1480. The minimum atomic E-state index is -0.848. The second-order valence-electron chi connectivity index (χ2n) is 9.04. The maximum absolute atomic E-state index is 13.5. The zero-order chi connectivity index (χ0) is 27.4. The van der Waals surface area contributed by atoms with Gasteiger partial charge in [-0.3, -0.25) is 14.5 Å². The molecule has 1 atom stereocenters. The highest BCUT2D eigenvalue weighted by atomic mass is 32.2. The van der Waals surface area contributed by atoms with E-state index in [9.17, 15) is 14.7 Å². The van der Waals surface area contributed by atoms with E-state index in [0.29, 0.717) is 38.0 Å². The number of hydrogen-bond donors (Lipinski definition) is 1. The van der Waals surface area contributed by atoms with Crippen molar-refractivity contribution in [2.45, 2.75) is 42.8 Å². The molecule has 1 aliphatic heterocycles. The highest BCUT2D eigenvalue weighted by Crippen LogP contribution is 2.44. The fraction of sp³-hybridized carbons (Fsp3) is 0.241. The minimum Gasteiger partial charge on any atom is -0.503 e. The van der Waals surface area contributed by atoms with Crippen LogP contribution in [0.5, 0.6) is 5.75 Å². The highest BCUT2D eigenvalue weighted by Gasteiger charge is 2.46. The van der Waals surface area contributed by atoms with Crippen molar-refractivity contribution < 1.29 is 19.4 Å². The second-order valence-corrected chi connectivity index (χ2v) is 12.2. The SMILES string of the molecule is CCCCOc1ccc(C2C(C(=O)c3cccs3)=C(O)C(=O)N2c2nnc(SCc3ccc(C)cc3)s2)cc1. The van der Waals surface area contributed by atoms with Crippen molar-refractivity contribution in [2.24, 2.45) is 0 Å². The van der Waals surface area contributed by atoms with Gasteiger partial charge in [0.05, 0.1) is 23.1 Å². The molecule has 7 nitrogen and oxygen atoms in total. The number of aliphatic hydroxyl groups excluding tert-OH is 1. The van der Waals surface area contributed by atoms with Crippen molar-refractivity contribution in [1.29, 1.82) is 0 Å². The van der Waals surface area contributed by atoms with Crippen molar-refractivity contribution in [2.75, 3.05) is 11.5 Å². The summed E-state index contributed by atoms with van der Waals surface area (Å²) >= 11 is 4.05. The first-order valence-corrected chi connectivity index (χ1v) is 15.2. The van der Waals surface area contributed by atoms with E-state index in [0.717, 1.165) is 18.4 Å². The molecule has 3 heterocycles. The Labute approximate surface area is 239 Å². The number of ketones is 1. The molecule has 200 valence electrons. The topological polar surface area (TPSA) is 92.6 Å². The van der Waals surface area contributed by atoms with Crippen LogP contribution in [0.25, 0.3) is 0 Å². The zero-order valence-electron chi connectivity index (χ0n) is 21.5. The maximum Gasteiger partial charge on any atom is 0.296 e. The maximum atomic E-state index is 13.5. The molecule has 39 heavy (non-hydrogen) atoms. The Balaban J connectivity index is 1.45. The van der Waals surface area contributed by atoms with E-state index in [1.54, 1.807) is 17.5 Å². The molecule has 4 aromatic rings. The number of thioether (sulfide) groups is 1. The molecule has 0 fully saturated rings. The van der Waals surface area contributed by atoms with Gasteiger partial charge < -0.3 is 9.84 Å². The number of amides is 1. The number of hydrogen-bond acceptors (Lipinski definition) is 9. The first-order chi connectivity index (χ1) is 19.0. The summed E-state index contributed by atoms with van der Waals surface area (Å²) in [5.74, 6) is -0.212. The highest BCUT2D eigenvalue weighted by molar-refractivity contribution is 8.00. The normalized spacial score (nSPS) is 15.3. The number of aliphatic hydroxyl groups is 1. The van der Waals surface area contributed by atoms with Gasteiger partial charge in [-0.05, 0) is 48.1 Å². The first kappa shape index (κ1) is 27.1. The standard InChI is InChI=1S/C29H27N3O4S3/c1-3-4-15-36-21-13-11-20(12-14-21)24-23(25(33)22-6-5-16-37-22)26(34)27(35)32(24)28-30-31-29(39-28)38-17-19-9-7-18(2)8-10-19/h5-14,16,24,34H,3-4,15,17H2,1-2H3. The Kier molecular flexibility index (Phi) is 8.44. The molecule has 0 radical (unpaired) electrons. The van der Waals surface area contributed by atoms with Gasteiger partial charge in [-0.1, -0.05) is 84.5 Å². The molecule has 0 saturated carbocycles. The van der Waals surface area contributed by atoms with Crippen LogP contribution in [0.15, 0.2) is 81.7 Å². The van der Waals surface area contributed by atoms with Crippen LogP contribution in [0, 0.1) is 6.92 Å². The number of carbonyl (C=O) groups is 2. The lowest BCUT2D eigenvalue weighted by molar-refractivity contribution is -0.117. The van der Waals surface area contributed by atoms with Gasteiger partial charge >= 0.3 is 0 Å². The van der Waals surface area contributed by atoms with Crippen LogP contribution in [0.2, 0.25) is 0 Å². The van der Waals surface area contributed by atoms with E-state index in [1.807, 2.05) is 31.2 Å². The van der Waals surface area contributed by atoms with Crippen molar-refractivity contribution in [3.63, 3.8) is 0 Å². The summed E-state index contributed by atoms with van der Waals surface area (Å²) in [6.45, 7) is 4.76. The predicted molar refractivity (Wildman–Crippen MR) is 156 cm³/mol. The molecule has 1 unspecified atom stereocenters. The number of carbonyl (C=O) groups excluding carboxylic acids is 2. The number of benzene rings is 2. The monoisotopic (exact) mass is 577 g/mol. The van der Waals surface area contributed by atoms with E-state index in [-0.39, 0.29) is 11.4 Å². The summed E-state index contributed by atoms with van der Waals surface area (Å²) in [5.41, 5.74) is 3.05. The van der Waals surface area contributed by atoms with E-state index in [4.69, 9.17) is 4.74 Å². The molecule has 5 rings (SSSR count). The molecule has 0 spiro atoms. The van der Waals surface area contributed by atoms with Gasteiger partial charge in [-0.15, -0.1) is 21.5 Å². The van der Waals surface area contributed by atoms with E-state index in [2.05, 4.69) is 41.4 Å². The molecule has 1 amide bonds. The summed E-state index contributed by atoms with van der Waals surface area (Å²) < 4.78 is 6.48. The number of anilines is 1. The van der Waals surface area contributed by atoms with Crippen LogP contribution in [-0.4, -0.2) is 33.6 Å². The number of aromatic nitrogens is 2. The Morgan fingerprint density at radius 2 is 1.87 bits per heavy atom. The number of rotatable bonds is 11. The van der Waals surface area contributed by atoms with Crippen LogP contribution in [0.1, 0.15) is 52.2 Å². The number of unbranched alkanes of at least 4 members (excludes halogenated alkanes) is 1. The van der Waals surface area contributed by atoms with Gasteiger partial charge in [0.15, 0.2) is 10.1 Å². The van der Waals surface area contributed by atoms with Crippen molar-refractivity contribution >= 4 is 51.3 Å². The molecule has 0 aliphatic carbocycles. The molecule has 1 N–H and O–H groups in total. The number of Topliss-reactive ketones (excluding diaryl/α,β-unsaturated/α-hetero) is 1. The number of thiophene rings is 1. The summed E-state index contributed by atoms with van der Waals surface area (Å²) in [6.07, 6.45) is 1.98. The third-order valence-electron chi connectivity index (χ3n) is 6.24. The average Bonchev–Trinajstić information content (AvgIpc) is 3.70. The van der Waals surface area contributed by atoms with E-state index < -0.39 is 17.7 Å². The molecule has 10 heteroatoms. The fourth-order valence-corrected chi connectivity index (χ4v) is 6.66. The third kappa shape index (κ3) is 5.93. The summed E-state index contributed by atoms with van der Waals surface area (Å²) in [6, 6.07) is 18.2. The van der Waals surface area contributed by atoms with Crippen molar-refractivity contribution in [3.8, 4) is 5.75 Å². The average molecular weight is 578 g/mol. The van der Waals surface area contributed by atoms with E-state index in [1.165, 1.54) is 44.9 Å². The molecule has 2 aromatic carbocycles. The van der Waals surface area contributed by atoms with Crippen LogP contribution < -0.4 is 9.64 Å². The van der Waals surface area contributed by atoms with Gasteiger partial charge in [-0.25, -0.2) is 0 Å². The number of ether oxygens (including phenoxy) is 1. The van der Waals surface area contributed by atoms with Gasteiger partial charge in [0, 0.05) is 5.75 Å². The first-order valence-electron chi connectivity index (χ1n) is 12.6. The Morgan fingerprint density at radius 3 is 2.56 bits per heavy atom. The zero-order valence-corrected chi connectivity index (χ0v) is 23.9. The largest absolute Gasteiger partial charge is 0.503 e. The molecular weight excluding hydrogens is 551 g/mol. The van der Waals surface area contributed by atoms with Gasteiger partial charge in [0.2, 0.25) is 10.9 Å². The smallest absolute Gasteiger partial charge is 0.296 e. The van der Waals surface area contributed by atoms with Gasteiger partial charge in [0.25, 0.3) is 5.91 Å².